The second kappa shape index (κ2) is 9.87. The fourth-order valence-corrected chi connectivity index (χ4v) is 4.83. The summed E-state index contributed by atoms with van der Waals surface area (Å²) >= 11 is 12.1. The molecule has 1 spiro atoms. The lowest BCUT2D eigenvalue weighted by Gasteiger charge is -2.37. The van der Waals surface area contributed by atoms with E-state index in [9.17, 15) is 4.79 Å². The smallest absolute Gasteiger partial charge is 0.410 e. The van der Waals surface area contributed by atoms with Crippen molar-refractivity contribution >= 4 is 29.3 Å². The van der Waals surface area contributed by atoms with E-state index in [1.807, 2.05) is 18.2 Å². The summed E-state index contributed by atoms with van der Waals surface area (Å²) in [4.78, 5) is 16.7. The van der Waals surface area contributed by atoms with Crippen LogP contribution in [0.2, 0.25) is 10.0 Å². The Morgan fingerprint density at radius 2 is 1.58 bits per heavy atom. The van der Waals surface area contributed by atoms with Crippen molar-refractivity contribution in [1.82, 2.24) is 9.80 Å². The highest BCUT2D eigenvalue weighted by atomic mass is 35.5. The number of nitrogens with zero attached hydrogens (tertiary/aromatic N) is 2. The zero-order valence-electron chi connectivity index (χ0n) is 19.0. The molecular weight excluding hydrogens is 467 g/mol. The number of halogens is 2. The molecule has 0 aromatic heterocycles. The van der Waals surface area contributed by atoms with Gasteiger partial charge in [-0.3, -0.25) is 9.80 Å². The summed E-state index contributed by atoms with van der Waals surface area (Å²) in [6.45, 7) is 3.35. The van der Waals surface area contributed by atoms with E-state index in [-0.39, 0.29) is 6.09 Å². The molecule has 33 heavy (non-hydrogen) atoms. The molecule has 2 aliphatic rings. The fourth-order valence-electron chi connectivity index (χ4n) is 4.51. The van der Waals surface area contributed by atoms with Crippen LogP contribution in [0.1, 0.15) is 24.0 Å². The number of amides is 1. The van der Waals surface area contributed by atoms with Gasteiger partial charge in [-0.2, -0.15) is 0 Å². The Morgan fingerprint density at radius 3 is 2.21 bits per heavy atom. The molecule has 2 saturated heterocycles. The van der Waals surface area contributed by atoms with Gasteiger partial charge >= 0.3 is 6.09 Å². The standard InChI is InChI=1S/C24H28Cl2N2O5/c1-30-20-12-22(32-3)21(31-2)11-17(20)14-27-8-6-24(7-9-27)15-28(23(29)33-24)13-16-4-5-18(25)19(26)10-16/h4-5,10-12H,6-9,13-15H2,1-3H3. The summed E-state index contributed by atoms with van der Waals surface area (Å²) in [6, 6.07) is 9.22. The average Bonchev–Trinajstić information content (AvgIpc) is 3.11. The van der Waals surface area contributed by atoms with Gasteiger partial charge in [-0.05, 0) is 23.8 Å². The highest BCUT2D eigenvalue weighted by Crippen LogP contribution is 2.38. The van der Waals surface area contributed by atoms with Crippen molar-refractivity contribution in [2.24, 2.45) is 0 Å². The van der Waals surface area contributed by atoms with E-state index in [0.29, 0.717) is 41.2 Å². The number of likely N-dealkylation sites (tertiary alicyclic amines) is 1. The minimum atomic E-state index is -0.453. The Morgan fingerprint density at radius 1 is 0.909 bits per heavy atom. The monoisotopic (exact) mass is 494 g/mol. The molecule has 0 aliphatic carbocycles. The number of piperidine rings is 1. The van der Waals surface area contributed by atoms with Crippen molar-refractivity contribution in [3.8, 4) is 17.2 Å². The molecule has 9 heteroatoms. The van der Waals surface area contributed by atoms with E-state index in [0.717, 1.165) is 42.8 Å². The number of ether oxygens (including phenoxy) is 4. The number of benzene rings is 2. The Bertz CT molecular complexity index is 1020. The summed E-state index contributed by atoms with van der Waals surface area (Å²) in [5.74, 6) is 2.06. The first-order valence-electron chi connectivity index (χ1n) is 10.8. The number of hydrogen-bond acceptors (Lipinski definition) is 6. The SMILES string of the molecule is COc1cc(OC)c(OC)cc1CN1CCC2(CC1)CN(Cc1ccc(Cl)c(Cl)c1)C(=O)O2. The van der Waals surface area contributed by atoms with E-state index in [2.05, 4.69) is 4.90 Å². The van der Waals surface area contributed by atoms with Crippen LogP contribution < -0.4 is 14.2 Å². The summed E-state index contributed by atoms with van der Waals surface area (Å²) in [5, 5.41) is 0.981. The number of methoxy groups -OCH3 is 3. The van der Waals surface area contributed by atoms with Crippen LogP contribution in [0.4, 0.5) is 4.79 Å². The van der Waals surface area contributed by atoms with Crippen molar-refractivity contribution in [3.63, 3.8) is 0 Å². The van der Waals surface area contributed by atoms with Crippen LogP contribution in [0.15, 0.2) is 30.3 Å². The molecule has 2 heterocycles. The molecule has 0 atom stereocenters. The van der Waals surface area contributed by atoms with Crippen molar-refractivity contribution in [2.75, 3.05) is 41.0 Å². The molecule has 1 amide bonds. The number of carbonyl (C=O) groups is 1. The summed E-state index contributed by atoms with van der Waals surface area (Å²) < 4.78 is 22.3. The first-order chi connectivity index (χ1) is 15.9. The maximum atomic E-state index is 12.6. The minimum absolute atomic E-state index is 0.281. The third-order valence-corrected chi connectivity index (χ3v) is 7.09. The van der Waals surface area contributed by atoms with Gasteiger partial charge in [0, 0.05) is 50.7 Å². The van der Waals surface area contributed by atoms with E-state index >= 15 is 0 Å². The predicted octanol–water partition coefficient (Wildman–Crippen LogP) is 5.01. The first kappa shape index (κ1) is 23.8. The van der Waals surface area contributed by atoms with Gasteiger partial charge in [-0.25, -0.2) is 4.79 Å². The Balaban J connectivity index is 1.38. The molecule has 0 saturated carbocycles. The largest absolute Gasteiger partial charge is 0.496 e. The Kier molecular flexibility index (Phi) is 7.12. The Labute approximate surface area is 204 Å². The highest BCUT2D eigenvalue weighted by molar-refractivity contribution is 6.42. The number of hydrogen-bond donors (Lipinski definition) is 0. The van der Waals surface area contributed by atoms with Crippen LogP contribution in [0.5, 0.6) is 17.2 Å². The molecule has 178 valence electrons. The van der Waals surface area contributed by atoms with Crippen LogP contribution >= 0.6 is 23.2 Å². The van der Waals surface area contributed by atoms with Gasteiger partial charge < -0.3 is 18.9 Å². The number of rotatable bonds is 7. The third kappa shape index (κ3) is 5.10. The van der Waals surface area contributed by atoms with Crippen LogP contribution in [0.3, 0.4) is 0 Å². The van der Waals surface area contributed by atoms with Crippen molar-refractivity contribution < 1.29 is 23.7 Å². The van der Waals surface area contributed by atoms with Crippen LogP contribution in [-0.4, -0.2) is 62.5 Å². The highest BCUT2D eigenvalue weighted by Gasteiger charge is 2.46. The molecule has 0 N–H and O–H groups in total. The summed E-state index contributed by atoms with van der Waals surface area (Å²) in [6.07, 6.45) is 1.26. The molecule has 0 radical (unpaired) electrons. The van der Waals surface area contributed by atoms with Crippen molar-refractivity contribution in [2.45, 2.75) is 31.5 Å². The van der Waals surface area contributed by atoms with Crippen LogP contribution in [0.25, 0.3) is 0 Å². The molecule has 2 aromatic rings. The molecule has 4 rings (SSSR count). The van der Waals surface area contributed by atoms with E-state index < -0.39 is 5.60 Å². The zero-order valence-corrected chi connectivity index (χ0v) is 20.5. The number of carbonyl (C=O) groups excluding carboxylic acids is 1. The Hall–Kier alpha value is -2.35. The topological polar surface area (TPSA) is 60.5 Å². The lowest BCUT2D eigenvalue weighted by atomic mass is 9.91. The van der Waals surface area contributed by atoms with Crippen LogP contribution in [0, 0.1) is 0 Å². The molecule has 0 unspecified atom stereocenters. The van der Waals surface area contributed by atoms with Gasteiger partial charge in [0.05, 0.1) is 37.9 Å². The normalized spacial score (nSPS) is 17.8. The first-order valence-corrected chi connectivity index (χ1v) is 11.5. The average molecular weight is 495 g/mol. The summed E-state index contributed by atoms with van der Waals surface area (Å²) in [7, 11) is 4.88. The van der Waals surface area contributed by atoms with Gasteiger partial charge in [0.25, 0.3) is 0 Å². The van der Waals surface area contributed by atoms with Crippen LogP contribution in [-0.2, 0) is 17.8 Å². The van der Waals surface area contributed by atoms with Gasteiger partial charge in [0.2, 0.25) is 0 Å². The van der Waals surface area contributed by atoms with Gasteiger partial charge in [0.1, 0.15) is 11.4 Å². The van der Waals surface area contributed by atoms with Crippen molar-refractivity contribution in [3.05, 3.63) is 51.5 Å². The molecule has 2 aliphatic heterocycles. The van der Waals surface area contributed by atoms with Gasteiger partial charge in [0.15, 0.2) is 11.5 Å². The molecule has 7 nitrogen and oxygen atoms in total. The predicted molar refractivity (Wildman–Crippen MR) is 127 cm³/mol. The molecular formula is C24H28Cl2N2O5. The second-order valence-electron chi connectivity index (χ2n) is 8.45. The molecule has 2 fully saturated rings. The quantitative estimate of drug-likeness (QED) is 0.539. The second-order valence-corrected chi connectivity index (χ2v) is 9.27. The van der Waals surface area contributed by atoms with E-state index in [4.69, 9.17) is 42.1 Å². The lowest BCUT2D eigenvalue weighted by molar-refractivity contribution is -0.00138. The van der Waals surface area contributed by atoms with E-state index in [1.54, 1.807) is 38.4 Å². The third-order valence-electron chi connectivity index (χ3n) is 6.35. The maximum absolute atomic E-state index is 12.6. The molecule has 2 aromatic carbocycles. The van der Waals surface area contributed by atoms with Gasteiger partial charge in [-0.1, -0.05) is 29.3 Å². The maximum Gasteiger partial charge on any atom is 0.410 e. The van der Waals surface area contributed by atoms with Crippen molar-refractivity contribution in [1.29, 1.82) is 0 Å². The molecule has 0 bridgehead atoms. The van der Waals surface area contributed by atoms with E-state index in [1.165, 1.54) is 0 Å². The van der Waals surface area contributed by atoms with Gasteiger partial charge in [-0.15, -0.1) is 0 Å². The minimum Gasteiger partial charge on any atom is -0.496 e. The lowest BCUT2D eigenvalue weighted by Crippen LogP contribution is -2.46. The summed E-state index contributed by atoms with van der Waals surface area (Å²) in [5.41, 5.74) is 1.50. The fraction of sp³-hybridized carbons (Fsp3) is 0.458. The zero-order chi connectivity index (χ0) is 23.6.